The molecule has 1 aromatic rings. The first kappa shape index (κ1) is 10.6. The van der Waals surface area contributed by atoms with E-state index in [4.69, 9.17) is 11.6 Å². The van der Waals surface area contributed by atoms with Gasteiger partial charge in [0.2, 0.25) is 0 Å². The Hall–Kier alpha value is -0.490. The van der Waals surface area contributed by atoms with Crippen molar-refractivity contribution in [1.29, 1.82) is 0 Å². The molecule has 0 amide bonds. The number of hydrogen-bond acceptors (Lipinski definition) is 0. The highest BCUT2D eigenvalue weighted by atomic mass is 35.5. The lowest BCUT2D eigenvalue weighted by atomic mass is 9.85. The van der Waals surface area contributed by atoms with Gasteiger partial charge in [0.15, 0.2) is 0 Å². The van der Waals surface area contributed by atoms with Gasteiger partial charge in [0.1, 0.15) is 0 Å². The van der Waals surface area contributed by atoms with Crippen molar-refractivity contribution >= 4 is 11.6 Å². The number of halogens is 1. The van der Waals surface area contributed by atoms with E-state index in [1.807, 2.05) is 0 Å². The first-order chi connectivity index (χ1) is 5.84. The quantitative estimate of drug-likeness (QED) is 0.582. The number of rotatable bonds is 0. The largest absolute Gasteiger partial charge is 0.0837 e. The molecule has 0 aliphatic heterocycles. The van der Waals surface area contributed by atoms with E-state index >= 15 is 0 Å². The van der Waals surface area contributed by atoms with Gasteiger partial charge in [-0.05, 0) is 36.0 Å². The Morgan fingerprint density at radius 3 is 2.08 bits per heavy atom. The predicted molar refractivity (Wildman–Crippen MR) is 59.6 cm³/mol. The summed E-state index contributed by atoms with van der Waals surface area (Å²) in [7, 11) is 0. The van der Waals surface area contributed by atoms with Crippen molar-refractivity contribution < 1.29 is 0 Å². The van der Waals surface area contributed by atoms with E-state index in [2.05, 4.69) is 46.8 Å². The molecule has 1 aromatic carbocycles. The fraction of sp³-hybridized carbons (Fsp3) is 0.500. The molecule has 72 valence electrons. The molecule has 0 aromatic heterocycles. The summed E-state index contributed by atoms with van der Waals surface area (Å²) in [6.07, 6.45) is 0. The fourth-order valence-electron chi connectivity index (χ4n) is 1.36. The highest BCUT2D eigenvalue weighted by Gasteiger charge is 2.18. The van der Waals surface area contributed by atoms with Crippen molar-refractivity contribution in [3.8, 4) is 0 Å². The van der Waals surface area contributed by atoms with E-state index in [0.717, 1.165) is 5.02 Å². The van der Waals surface area contributed by atoms with Crippen LogP contribution >= 0.6 is 11.6 Å². The summed E-state index contributed by atoms with van der Waals surface area (Å²) in [5.41, 5.74) is 3.83. The Bertz CT molecular complexity index is 319. The number of aryl methyl sites for hydroxylation is 1. The first-order valence-electron chi connectivity index (χ1n) is 4.60. The van der Waals surface area contributed by atoms with Gasteiger partial charge in [-0.25, -0.2) is 0 Å². The van der Waals surface area contributed by atoms with E-state index in [0.29, 0.717) is 0 Å². The summed E-state index contributed by atoms with van der Waals surface area (Å²) >= 11 is 6.28. The van der Waals surface area contributed by atoms with Gasteiger partial charge in [0.25, 0.3) is 0 Å². The van der Waals surface area contributed by atoms with Crippen molar-refractivity contribution in [2.75, 3.05) is 0 Å². The molecular formula is C12H17Cl. The minimum Gasteiger partial charge on any atom is -0.0837 e. The van der Waals surface area contributed by atoms with Gasteiger partial charge in [-0.15, -0.1) is 0 Å². The predicted octanol–water partition coefficient (Wildman–Crippen LogP) is 4.25. The highest BCUT2D eigenvalue weighted by molar-refractivity contribution is 6.32. The van der Waals surface area contributed by atoms with Crippen molar-refractivity contribution in [3.63, 3.8) is 0 Å². The normalized spacial score (nSPS) is 11.8. The molecule has 0 unspecified atom stereocenters. The third-order valence-corrected chi connectivity index (χ3v) is 2.95. The van der Waals surface area contributed by atoms with Crippen LogP contribution in [0.25, 0.3) is 0 Å². The maximum absolute atomic E-state index is 6.28. The van der Waals surface area contributed by atoms with Crippen LogP contribution in [0, 0.1) is 13.8 Å². The van der Waals surface area contributed by atoms with Crippen molar-refractivity contribution in [1.82, 2.24) is 0 Å². The zero-order chi connectivity index (χ0) is 10.2. The topological polar surface area (TPSA) is 0 Å². The summed E-state index contributed by atoms with van der Waals surface area (Å²) in [6.45, 7) is 10.7. The van der Waals surface area contributed by atoms with E-state index < -0.39 is 0 Å². The highest BCUT2D eigenvalue weighted by Crippen LogP contribution is 2.32. The fourth-order valence-corrected chi connectivity index (χ4v) is 1.86. The van der Waals surface area contributed by atoms with Crippen LogP contribution < -0.4 is 0 Å². The minimum atomic E-state index is 0.134. The van der Waals surface area contributed by atoms with Crippen LogP contribution in [0.1, 0.15) is 37.5 Å². The third kappa shape index (κ3) is 2.05. The Morgan fingerprint density at radius 2 is 1.62 bits per heavy atom. The second-order valence-corrected chi connectivity index (χ2v) is 5.00. The van der Waals surface area contributed by atoms with Gasteiger partial charge in [0, 0.05) is 5.02 Å². The molecule has 0 saturated heterocycles. The average molecular weight is 197 g/mol. The molecule has 0 fully saturated rings. The molecule has 0 heterocycles. The lowest BCUT2D eigenvalue weighted by Crippen LogP contribution is -2.12. The summed E-state index contributed by atoms with van der Waals surface area (Å²) in [4.78, 5) is 0. The van der Waals surface area contributed by atoms with E-state index in [1.165, 1.54) is 16.7 Å². The molecule has 1 rings (SSSR count). The zero-order valence-electron chi connectivity index (χ0n) is 9.03. The van der Waals surface area contributed by atoms with Crippen LogP contribution in [0.15, 0.2) is 12.1 Å². The lowest BCUT2D eigenvalue weighted by molar-refractivity contribution is 0.590. The zero-order valence-corrected chi connectivity index (χ0v) is 9.79. The summed E-state index contributed by atoms with van der Waals surface area (Å²) in [6, 6.07) is 4.27. The Balaban J connectivity index is 3.35. The standard InChI is InChI=1S/C12H17Cl/c1-8-6-7-10(12(3,4)5)11(13)9(8)2/h6-7H,1-5H3. The maximum Gasteiger partial charge on any atom is 0.0475 e. The van der Waals surface area contributed by atoms with Crippen molar-refractivity contribution in [2.24, 2.45) is 0 Å². The molecule has 1 heteroatoms. The van der Waals surface area contributed by atoms with Gasteiger partial charge in [-0.1, -0.05) is 44.5 Å². The SMILES string of the molecule is Cc1ccc(C(C)(C)C)c(Cl)c1C. The van der Waals surface area contributed by atoms with Crippen LogP contribution in [0.4, 0.5) is 0 Å². The molecule has 0 spiro atoms. The number of hydrogen-bond donors (Lipinski definition) is 0. The molecule has 0 aliphatic rings. The second-order valence-electron chi connectivity index (χ2n) is 4.62. The van der Waals surface area contributed by atoms with E-state index in [9.17, 15) is 0 Å². The monoisotopic (exact) mass is 196 g/mol. The Morgan fingerprint density at radius 1 is 1.08 bits per heavy atom. The Labute approximate surface area is 85.9 Å². The molecule has 0 radical (unpaired) electrons. The molecule has 0 N–H and O–H groups in total. The molecule has 0 nitrogen and oxygen atoms in total. The lowest BCUT2D eigenvalue weighted by Gasteiger charge is -2.22. The third-order valence-electron chi connectivity index (χ3n) is 2.47. The summed E-state index contributed by atoms with van der Waals surface area (Å²) in [5.74, 6) is 0. The molecule has 0 aliphatic carbocycles. The van der Waals surface area contributed by atoms with Crippen LogP contribution in [-0.4, -0.2) is 0 Å². The maximum atomic E-state index is 6.28. The van der Waals surface area contributed by atoms with Gasteiger partial charge < -0.3 is 0 Å². The Kier molecular flexibility index (Phi) is 2.72. The summed E-state index contributed by atoms with van der Waals surface area (Å²) in [5, 5.41) is 0.924. The van der Waals surface area contributed by atoms with Crippen LogP contribution in [-0.2, 0) is 5.41 Å². The smallest absolute Gasteiger partial charge is 0.0475 e. The van der Waals surface area contributed by atoms with Gasteiger partial charge in [0.05, 0.1) is 0 Å². The van der Waals surface area contributed by atoms with Crippen LogP contribution in [0.2, 0.25) is 5.02 Å². The van der Waals surface area contributed by atoms with E-state index in [1.54, 1.807) is 0 Å². The number of benzene rings is 1. The molecule has 0 bridgehead atoms. The molecule has 13 heavy (non-hydrogen) atoms. The second kappa shape index (κ2) is 3.34. The van der Waals surface area contributed by atoms with Gasteiger partial charge >= 0.3 is 0 Å². The molecule has 0 saturated carbocycles. The minimum absolute atomic E-state index is 0.134. The summed E-state index contributed by atoms with van der Waals surface area (Å²) < 4.78 is 0. The van der Waals surface area contributed by atoms with Gasteiger partial charge in [-0.3, -0.25) is 0 Å². The first-order valence-corrected chi connectivity index (χ1v) is 4.98. The molecular weight excluding hydrogens is 180 g/mol. The van der Waals surface area contributed by atoms with Crippen molar-refractivity contribution in [3.05, 3.63) is 33.8 Å². The van der Waals surface area contributed by atoms with E-state index in [-0.39, 0.29) is 5.41 Å². The van der Waals surface area contributed by atoms with Crippen molar-refractivity contribution in [2.45, 2.75) is 40.0 Å². The van der Waals surface area contributed by atoms with Crippen LogP contribution in [0.3, 0.4) is 0 Å². The molecule has 0 atom stereocenters. The van der Waals surface area contributed by atoms with Crippen LogP contribution in [0.5, 0.6) is 0 Å². The average Bonchev–Trinajstić information content (AvgIpc) is 1.98. The van der Waals surface area contributed by atoms with Gasteiger partial charge in [-0.2, -0.15) is 0 Å².